The predicted octanol–water partition coefficient (Wildman–Crippen LogP) is 3.93. The van der Waals surface area contributed by atoms with Gasteiger partial charge in [-0.3, -0.25) is 9.59 Å². The summed E-state index contributed by atoms with van der Waals surface area (Å²) >= 11 is 0. The van der Waals surface area contributed by atoms with Gasteiger partial charge >= 0.3 is 0 Å². The van der Waals surface area contributed by atoms with E-state index >= 15 is 0 Å². The van der Waals surface area contributed by atoms with Gasteiger partial charge in [-0.2, -0.15) is 0 Å². The van der Waals surface area contributed by atoms with Gasteiger partial charge < -0.3 is 10.2 Å². The number of amides is 2. The number of carbonyl (C=O) groups is 2. The van der Waals surface area contributed by atoms with Gasteiger partial charge in [0.15, 0.2) is 0 Å². The van der Waals surface area contributed by atoms with Crippen molar-refractivity contribution in [2.75, 3.05) is 11.9 Å². The number of hydrogen-bond donors (Lipinski definition) is 1. The van der Waals surface area contributed by atoms with Crippen LogP contribution >= 0.6 is 0 Å². The van der Waals surface area contributed by atoms with Crippen LogP contribution in [0.15, 0.2) is 24.3 Å². The lowest BCUT2D eigenvalue weighted by Crippen LogP contribution is -2.35. The van der Waals surface area contributed by atoms with Gasteiger partial charge in [0.2, 0.25) is 11.8 Å². The maximum atomic E-state index is 12.5. The van der Waals surface area contributed by atoms with Crippen molar-refractivity contribution in [1.29, 1.82) is 0 Å². The minimum Gasteiger partial charge on any atom is -0.339 e. The van der Waals surface area contributed by atoms with E-state index in [2.05, 4.69) is 31.3 Å². The number of likely N-dealkylation sites (tertiary alicyclic amines) is 1. The Morgan fingerprint density at radius 2 is 1.92 bits per heavy atom. The molecule has 130 valence electrons. The molecule has 3 rings (SSSR count). The van der Waals surface area contributed by atoms with Crippen LogP contribution in [0, 0.1) is 5.92 Å². The summed E-state index contributed by atoms with van der Waals surface area (Å²) in [6.07, 6.45) is 6.05. The first-order valence-electron chi connectivity index (χ1n) is 9.28. The molecule has 1 saturated carbocycles. The summed E-state index contributed by atoms with van der Waals surface area (Å²) < 4.78 is 0. The summed E-state index contributed by atoms with van der Waals surface area (Å²) in [5, 5.41) is 2.98. The second kappa shape index (κ2) is 7.37. The van der Waals surface area contributed by atoms with Crippen molar-refractivity contribution < 1.29 is 9.59 Å². The van der Waals surface area contributed by atoms with Crippen molar-refractivity contribution in [2.45, 2.75) is 64.3 Å². The highest BCUT2D eigenvalue weighted by Crippen LogP contribution is 2.30. The Kier molecular flexibility index (Phi) is 5.22. The van der Waals surface area contributed by atoms with Crippen molar-refractivity contribution >= 4 is 17.5 Å². The van der Waals surface area contributed by atoms with Crippen LogP contribution in [0.1, 0.15) is 63.9 Å². The van der Waals surface area contributed by atoms with E-state index in [9.17, 15) is 9.59 Å². The number of hydrogen-bond acceptors (Lipinski definition) is 2. The lowest BCUT2D eigenvalue weighted by Gasteiger charge is -2.23. The van der Waals surface area contributed by atoms with E-state index in [0.717, 1.165) is 24.9 Å². The second-order valence-corrected chi connectivity index (χ2v) is 7.31. The maximum absolute atomic E-state index is 12.5. The van der Waals surface area contributed by atoms with Gasteiger partial charge in [0.1, 0.15) is 0 Å². The molecule has 0 unspecified atom stereocenters. The number of benzene rings is 1. The van der Waals surface area contributed by atoms with Crippen molar-refractivity contribution in [3.63, 3.8) is 0 Å². The summed E-state index contributed by atoms with van der Waals surface area (Å²) in [5.41, 5.74) is 2.11. The molecule has 1 heterocycles. The van der Waals surface area contributed by atoms with Crippen LogP contribution in [0.25, 0.3) is 0 Å². The minimum absolute atomic E-state index is 0.0277. The Morgan fingerprint density at radius 1 is 1.25 bits per heavy atom. The molecule has 0 radical (unpaired) electrons. The average Bonchev–Trinajstić information content (AvgIpc) is 3.24. The van der Waals surface area contributed by atoms with E-state index < -0.39 is 0 Å². The Balaban J connectivity index is 1.58. The molecule has 4 nitrogen and oxygen atoms in total. The molecule has 1 aliphatic carbocycles. The Hall–Kier alpha value is -1.84. The molecule has 1 aliphatic heterocycles. The summed E-state index contributed by atoms with van der Waals surface area (Å²) in [6.45, 7) is 4.96. The molecule has 2 atom stereocenters. The number of nitrogens with zero attached hydrogens (tertiary/aromatic N) is 1. The first-order valence-corrected chi connectivity index (χ1v) is 9.28. The SMILES string of the molecule is CC[C@@H](C)c1ccc(NC(=O)[C@H]2CC(=O)N(C3CCCC3)C2)cc1. The standard InChI is InChI=1S/C20H28N2O2/c1-3-14(2)15-8-10-17(11-9-15)21-20(24)16-12-19(23)22(13-16)18-6-4-5-7-18/h8-11,14,16,18H,3-7,12-13H2,1-2H3,(H,21,24)/t14-,16+/m1/s1. The van der Waals surface area contributed by atoms with Crippen LogP contribution in [0.4, 0.5) is 5.69 Å². The first kappa shape index (κ1) is 17.0. The van der Waals surface area contributed by atoms with E-state index in [1.807, 2.05) is 17.0 Å². The van der Waals surface area contributed by atoms with Gasteiger partial charge in [0.05, 0.1) is 5.92 Å². The number of nitrogens with one attached hydrogen (secondary N) is 1. The van der Waals surface area contributed by atoms with Gasteiger partial charge in [-0.05, 0) is 42.9 Å². The molecule has 1 aromatic carbocycles. The molecule has 0 aromatic heterocycles. The largest absolute Gasteiger partial charge is 0.339 e. The van der Waals surface area contributed by atoms with Crippen molar-refractivity contribution in [1.82, 2.24) is 4.90 Å². The van der Waals surface area contributed by atoms with Crippen LogP contribution in [-0.4, -0.2) is 29.3 Å². The van der Waals surface area contributed by atoms with E-state index in [1.165, 1.54) is 18.4 Å². The molecule has 1 aromatic rings. The van der Waals surface area contributed by atoms with Gasteiger partial charge in [-0.15, -0.1) is 0 Å². The maximum Gasteiger partial charge on any atom is 0.229 e. The molecule has 2 fully saturated rings. The topological polar surface area (TPSA) is 49.4 Å². The van der Waals surface area contributed by atoms with Crippen molar-refractivity contribution in [3.05, 3.63) is 29.8 Å². The molecule has 0 bridgehead atoms. The van der Waals surface area contributed by atoms with Gasteiger partial charge in [-0.1, -0.05) is 38.8 Å². The molecule has 0 spiro atoms. The van der Waals surface area contributed by atoms with Crippen LogP contribution < -0.4 is 5.32 Å². The normalized spacial score (nSPS) is 22.8. The predicted molar refractivity (Wildman–Crippen MR) is 95.9 cm³/mol. The number of rotatable bonds is 5. The monoisotopic (exact) mass is 328 g/mol. The zero-order chi connectivity index (χ0) is 17.1. The third kappa shape index (κ3) is 3.63. The Morgan fingerprint density at radius 3 is 2.54 bits per heavy atom. The highest BCUT2D eigenvalue weighted by atomic mass is 16.2. The molecular weight excluding hydrogens is 300 g/mol. The van der Waals surface area contributed by atoms with Gasteiger partial charge in [-0.25, -0.2) is 0 Å². The zero-order valence-electron chi connectivity index (χ0n) is 14.8. The highest BCUT2D eigenvalue weighted by Gasteiger charge is 2.38. The number of anilines is 1. The van der Waals surface area contributed by atoms with E-state index in [0.29, 0.717) is 24.9 Å². The third-order valence-electron chi connectivity index (χ3n) is 5.65. The summed E-state index contributed by atoms with van der Waals surface area (Å²) in [4.78, 5) is 26.7. The van der Waals surface area contributed by atoms with Crippen LogP contribution in [-0.2, 0) is 9.59 Å². The molecule has 1 N–H and O–H groups in total. The molecule has 2 amide bonds. The molecule has 24 heavy (non-hydrogen) atoms. The molecule has 1 saturated heterocycles. The van der Waals surface area contributed by atoms with Crippen molar-refractivity contribution in [2.24, 2.45) is 5.92 Å². The fraction of sp³-hybridized carbons (Fsp3) is 0.600. The summed E-state index contributed by atoms with van der Waals surface area (Å²) in [5.74, 6) is 0.434. The van der Waals surface area contributed by atoms with Gasteiger partial charge in [0.25, 0.3) is 0 Å². The third-order valence-corrected chi connectivity index (χ3v) is 5.65. The smallest absolute Gasteiger partial charge is 0.229 e. The summed E-state index contributed by atoms with van der Waals surface area (Å²) in [7, 11) is 0. The van der Waals surface area contributed by atoms with Crippen LogP contribution in [0.3, 0.4) is 0 Å². The van der Waals surface area contributed by atoms with E-state index in [1.54, 1.807) is 0 Å². The van der Waals surface area contributed by atoms with Crippen molar-refractivity contribution in [3.8, 4) is 0 Å². The Labute approximate surface area is 144 Å². The van der Waals surface area contributed by atoms with E-state index in [4.69, 9.17) is 0 Å². The first-order chi connectivity index (χ1) is 11.6. The van der Waals surface area contributed by atoms with E-state index in [-0.39, 0.29) is 17.7 Å². The highest BCUT2D eigenvalue weighted by molar-refractivity contribution is 5.97. The van der Waals surface area contributed by atoms with Gasteiger partial charge in [0, 0.05) is 24.7 Å². The second-order valence-electron chi connectivity index (χ2n) is 7.31. The summed E-state index contributed by atoms with van der Waals surface area (Å²) in [6, 6.07) is 8.45. The molecule has 2 aliphatic rings. The molecule has 4 heteroatoms. The Bertz CT molecular complexity index is 590. The average molecular weight is 328 g/mol. The lowest BCUT2D eigenvalue weighted by atomic mass is 9.98. The quantitative estimate of drug-likeness (QED) is 0.890. The van der Waals surface area contributed by atoms with Crippen LogP contribution in [0.5, 0.6) is 0 Å². The van der Waals surface area contributed by atoms with Crippen LogP contribution in [0.2, 0.25) is 0 Å². The lowest BCUT2D eigenvalue weighted by molar-refractivity contribution is -0.129. The molecular formula is C20H28N2O2. The minimum atomic E-state index is -0.215. The zero-order valence-corrected chi connectivity index (χ0v) is 14.8. The fourth-order valence-electron chi connectivity index (χ4n) is 3.85. The fourth-order valence-corrected chi connectivity index (χ4v) is 3.85. The number of carbonyl (C=O) groups excluding carboxylic acids is 2.